The summed E-state index contributed by atoms with van der Waals surface area (Å²) in [5.74, 6) is 1.24. The van der Waals surface area contributed by atoms with Crippen molar-refractivity contribution in [2.24, 2.45) is 0 Å². The van der Waals surface area contributed by atoms with Gasteiger partial charge in [-0.15, -0.1) is 0 Å². The third-order valence-electron chi connectivity index (χ3n) is 8.76. The zero-order chi connectivity index (χ0) is 34.1. The number of ether oxygens (including phenoxy) is 1. The molecule has 0 aliphatic carbocycles. The third-order valence-corrected chi connectivity index (χ3v) is 8.76. The Morgan fingerprint density at radius 2 is 1.63 bits per heavy atom. The SMILES string of the molecule is Cc1cccc(C(=O)Nc2cccc(Oc3ccc4c(c3)NC(=O)C4=Cc3[nH]c(C)c(C(=O)N4CCN(c5ncccn5)CC4)c3C)c2)c1. The summed E-state index contributed by atoms with van der Waals surface area (Å²) in [5.41, 5.74) is 6.89. The quantitative estimate of drug-likeness (QED) is 0.178. The Bertz CT molecular complexity index is 2110. The molecule has 0 atom stereocenters. The van der Waals surface area contributed by atoms with Gasteiger partial charge < -0.3 is 30.2 Å². The first-order valence-corrected chi connectivity index (χ1v) is 16.1. The van der Waals surface area contributed by atoms with Crippen molar-refractivity contribution in [2.75, 3.05) is 41.7 Å². The van der Waals surface area contributed by atoms with Gasteiger partial charge in [-0.05, 0) is 74.9 Å². The highest BCUT2D eigenvalue weighted by atomic mass is 16.5. The molecule has 7 rings (SSSR count). The third kappa shape index (κ3) is 6.51. The van der Waals surface area contributed by atoms with Crippen LogP contribution in [0.1, 0.15) is 48.8 Å². The van der Waals surface area contributed by atoms with Crippen LogP contribution in [0.25, 0.3) is 11.6 Å². The van der Waals surface area contributed by atoms with Crippen LogP contribution in [0.5, 0.6) is 11.5 Å². The van der Waals surface area contributed by atoms with Crippen molar-refractivity contribution < 1.29 is 19.1 Å². The smallest absolute Gasteiger partial charge is 0.256 e. The molecule has 246 valence electrons. The fraction of sp³-hybridized carbons (Fsp3) is 0.184. The van der Waals surface area contributed by atoms with Gasteiger partial charge >= 0.3 is 0 Å². The van der Waals surface area contributed by atoms with Crippen molar-refractivity contribution in [3.63, 3.8) is 0 Å². The number of rotatable bonds is 7. The summed E-state index contributed by atoms with van der Waals surface area (Å²) in [6, 6.07) is 21.7. The molecule has 0 bridgehead atoms. The number of anilines is 3. The van der Waals surface area contributed by atoms with E-state index in [0.717, 1.165) is 22.4 Å². The number of H-pyrrole nitrogens is 1. The molecule has 4 heterocycles. The van der Waals surface area contributed by atoms with Crippen LogP contribution in [0.4, 0.5) is 17.3 Å². The minimum atomic E-state index is -0.244. The van der Waals surface area contributed by atoms with Crippen LogP contribution in [-0.2, 0) is 4.79 Å². The largest absolute Gasteiger partial charge is 0.457 e. The van der Waals surface area contributed by atoms with Crippen LogP contribution in [0, 0.1) is 20.8 Å². The second-order valence-electron chi connectivity index (χ2n) is 12.2. The molecule has 0 spiro atoms. The number of aromatic amines is 1. The second kappa shape index (κ2) is 13.1. The molecule has 2 aliphatic heterocycles. The van der Waals surface area contributed by atoms with Crippen LogP contribution in [0.3, 0.4) is 0 Å². The predicted molar refractivity (Wildman–Crippen MR) is 189 cm³/mol. The maximum Gasteiger partial charge on any atom is 0.256 e. The summed E-state index contributed by atoms with van der Waals surface area (Å²) in [7, 11) is 0. The predicted octanol–water partition coefficient (Wildman–Crippen LogP) is 6.23. The number of carbonyl (C=O) groups is 3. The molecule has 2 aromatic heterocycles. The number of aryl methyl sites for hydroxylation is 2. The number of piperazine rings is 1. The molecule has 0 saturated carbocycles. The van der Waals surface area contributed by atoms with Crippen molar-refractivity contribution in [3.05, 3.63) is 124 Å². The Labute approximate surface area is 283 Å². The lowest BCUT2D eigenvalue weighted by molar-refractivity contribution is -0.110. The Balaban J connectivity index is 1.05. The zero-order valence-electron chi connectivity index (χ0n) is 27.4. The molecule has 11 heteroatoms. The summed E-state index contributed by atoms with van der Waals surface area (Å²) < 4.78 is 6.11. The summed E-state index contributed by atoms with van der Waals surface area (Å²) in [5, 5.41) is 5.85. The summed E-state index contributed by atoms with van der Waals surface area (Å²) in [6.07, 6.45) is 5.23. The van der Waals surface area contributed by atoms with Gasteiger partial charge in [-0.3, -0.25) is 14.4 Å². The van der Waals surface area contributed by atoms with Crippen molar-refractivity contribution in [2.45, 2.75) is 20.8 Å². The molecule has 1 fully saturated rings. The number of benzene rings is 3. The lowest BCUT2D eigenvalue weighted by Gasteiger charge is -2.34. The van der Waals surface area contributed by atoms with E-state index < -0.39 is 0 Å². The fourth-order valence-electron chi connectivity index (χ4n) is 6.25. The number of nitrogens with zero attached hydrogens (tertiary/aromatic N) is 4. The summed E-state index contributed by atoms with van der Waals surface area (Å²) >= 11 is 0. The van der Waals surface area contributed by atoms with E-state index in [9.17, 15) is 14.4 Å². The number of carbonyl (C=O) groups excluding carboxylic acids is 3. The average molecular weight is 654 g/mol. The van der Waals surface area contributed by atoms with Gasteiger partial charge in [0.05, 0.1) is 16.8 Å². The molecule has 0 unspecified atom stereocenters. The number of hydrogen-bond acceptors (Lipinski definition) is 7. The van der Waals surface area contributed by atoms with E-state index in [2.05, 4.69) is 30.5 Å². The topological polar surface area (TPSA) is 133 Å². The molecule has 3 amide bonds. The highest BCUT2D eigenvalue weighted by molar-refractivity contribution is 6.35. The minimum Gasteiger partial charge on any atom is -0.457 e. The Kier molecular flexibility index (Phi) is 8.39. The standard InChI is InChI=1S/C38H35N7O4/c1-23-7-4-8-26(19-23)35(46)42-27-9-5-10-28(20-27)49-29-11-12-30-31(36(47)43-33(30)21-29)22-32-24(2)34(25(3)41-32)37(48)44-15-17-45(18-16-44)38-39-13-6-14-40-38/h4-14,19-22,41H,15-18H2,1-3H3,(H,42,46)(H,43,47). The number of aromatic nitrogens is 3. The van der Waals surface area contributed by atoms with E-state index in [4.69, 9.17) is 4.74 Å². The minimum absolute atomic E-state index is 0.0404. The van der Waals surface area contributed by atoms with Gasteiger partial charge in [0.1, 0.15) is 11.5 Å². The van der Waals surface area contributed by atoms with Gasteiger partial charge in [0, 0.05) is 78.9 Å². The summed E-state index contributed by atoms with van der Waals surface area (Å²) in [6.45, 7) is 8.14. The molecular weight excluding hydrogens is 618 g/mol. The number of amides is 3. The Morgan fingerprint density at radius 3 is 2.41 bits per heavy atom. The molecule has 49 heavy (non-hydrogen) atoms. The molecule has 0 radical (unpaired) electrons. The monoisotopic (exact) mass is 653 g/mol. The van der Waals surface area contributed by atoms with E-state index >= 15 is 0 Å². The fourth-order valence-corrected chi connectivity index (χ4v) is 6.25. The van der Waals surface area contributed by atoms with Crippen LogP contribution >= 0.6 is 0 Å². The van der Waals surface area contributed by atoms with E-state index in [0.29, 0.717) is 77.4 Å². The van der Waals surface area contributed by atoms with Gasteiger partial charge in [-0.25, -0.2) is 9.97 Å². The van der Waals surface area contributed by atoms with Crippen molar-refractivity contribution in [1.82, 2.24) is 19.9 Å². The van der Waals surface area contributed by atoms with Crippen LogP contribution in [0.15, 0.2) is 85.2 Å². The molecule has 11 nitrogen and oxygen atoms in total. The highest BCUT2D eigenvalue weighted by Gasteiger charge is 2.29. The Morgan fingerprint density at radius 1 is 0.878 bits per heavy atom. The highest BCUT2D eigenvalue weighted by Crippen LogP contribution is 2.38. The van der Waals surface area contributed by atoms with Gasteiger partial charge in [-0.1, -0.05) is 23.8 Å². The first-order valence-electron chi connectivity index (χ1n) is 16.1. The molecule has 3 N–H and O–H groups in total. The second-order valence-corrected chi connectivity index (χ2v) is 12.2. The Hall–Kier alpha value is -6.23. The number of nitrogens with one attached hydrogen (secondary N) is 3. The van der Waals surface area contributed by atoms with Crippen molar-refractivity contribution >= 4 is 46.7 Å². The van der Waals surface area contributed by atoms with Crippen LogP contribution < -0.4 is 20.3 Å². The normalized spacial score (nSPS) is 14.8. The van der Waals surface area contributed by atoms with Gasteiger partial charge in [0.2, 0.25) is 5.95 Å². The molecule has 1 saturated heterocycles. The van der Waals surface area contributed by atoms with Gasteiger partial charge in [0.15, 0.2) is 0 Å². The van der Waals surface area contributed by atoms with Gasteiger partial charge in [-0.2, -0.15) is 0 Å². The lowest BCUT2D eigenvalue weighted by Crippen LogP contribution is -2.49. The first-order chi connectivity index (χ1) is 23.7. The van der Waals surface area contributed by atoms with Gasteiger partial charge in [0.25, 0.3) is 17.7 Å². The van der Waals surface area contributed by atoms with E-state index in [1.807, 2.05) is 49.9 Å². The van der Waals surface area contributed by atoms with E-state index in [1.54, 1.807) is 67.0 Å². The molecule has 2 aliphatic rings. The van der Waals surface area contributed by atoms with Crippen LogP contribution in [-0.4, -0.2) is 63.8 Å². The van der Waals surface area contributed by atoms with Crippen molar-refractivity contribution in [3.8, 4) is 11.5 Å². The first kappa shape index (κ1) is 31.4. The van der Waals surface area contributed by atoms with Crippen molar-refractivity contribution in [1.29, 1.82) is 0 Å². The maximum atomic E-state index is 13.7. The summed E-state index contributed by atoms with van der Waals surface area (Å²) in [4.78, 5) is 55.5. The van der Waals surface area contributed by atoms with E-state index in [-0.39, 0.29) is 17.7 Å². The molecule has 3 aromatic carbocycles. The maximum absolute atomic E-state index is 13.7. The molecule has 5 aromatic rings. The number of hydrogen-bond donors (Lipinski definition) is 3. The zero-order valence-corrected chi connectivity index (χ0v) is 27.4. The molecular formula is C38H35N7O4. The number of fused-ring (bicyclic) bond motifs is 1. The van der Waals surface area contributed by atoms with Crippen LogP contribution in [0.2, 0.25) is 0 Å². The lowest BCUT2D eigenvalue weighted by atomic mass is 10.0. The average Bonchev–Trinajstić information content (AvgIpc) is 3.57. The van der Waals surface area contributed by atoms with E-state index in [1.165, 1.54) is 0 Å².